The number of aromatic nitrogens is 2. The zero-order valence-electron chi connectivity index (χ0n) is 13.4. The molecule has 1 fully saturated rings. The van der Waals surface area contributed by atoms with E-state index in [4.69, 9.17) is 0 Å². The van der Waals surface area contributed by atoms with Crippen molar-refractivity contribution in [2.24, 2.45) is 0 Å². The van der Waals surface area contributed by atoms with Crippen LogP contribution in [0.25, 0.3) is 10.2 Å². The lowest BCUT2D eigenvalue weighted by atomic mass is 10.0. The molecule has 1 saturated heterocycles. The zero-order chi connectivity index (χ0) is 16.5. The van der Waals surface area contributed by atoms with Crippen LogP contribution in [-0.4, -0.2) is 35.0 Å². The number of thiophene rings is 2. The molecule has 0 aliphatic carbocycles. The van der Waals surface area contributed by atoms with E-state index >= 15 is 0 Å². The molecule has 0 unspecified atom stereocenters. The quantitative estimate of drug-likeness (QED) is 0.779. The molecule has 0 bridgehead atoms. The Labute approximate surface area is 148 Å². The summed E-state index contributed by atoms with van der Waals surface area (Å²) in [6.07, 6.45) is 3.52. The van der Waals surface area contributed by atoms with Gasteiger partial charge >= 0.3 is 0 Å². The van der Waals surface area contributed by atoms with E-state index in [0.29, 0.717) is 0 Å². The second kappa shape index (κ2) is 6.49. The van der Waals surface area contributed by atoms with Gasteiger partial charge in [0.15, 0.2) is 0 Å². The van der Waals surface area contributed by atoms with E-state index < -0.39 is 0 Å². The lowest BCUT2D eigenvalue weighted by molar-refractivity contribution is 0.0931. The molecule has 7 heteroatoms. The van der Waals surface area contributed by atoms with E-state index in [1.165, 1.54) is 10.9 Å². The first kappa shape index (κ1) is 15.5. The van der Waals surface area contributed by atoms with Gasteiger partial charge in [0.1, 0.15) is 17.0 Å². The minimum atomic E-state index is 0.0350. The van der Waals surface area contributed by atoms with Crippen molar-refractivity contribution in [3.8, 4) is 0 Å². The summed E-state index contributed by atoms with van der Waals surface area (Å²) in [5.41, 5.74) is 1.99. The molecule has 3 aromatic rings. The molecule has 24 heavy (non-hydrogen) atoms. The fourth-order valence-electron chi connectivity index (χ4n) is 3.14. The summed E-state index contributed by atoms with van der Waals surface area (Å²) in [6, 6.07) is 2.10. The summed E-state index contributed by atoms with van der Waals surface area (Å²) >= 11 is 3.21. The van der Waals surface area contributed by atoms with Gasteiger partial charge in [-0.05, 0) is 42.2 Å². The highest BCUT2D eigenvalue weighted by atomic mass is 32.1. The molecule has 1 amide bonds. The lowest BCUT2D eigenvalue weighted by Gasteiger charge is -2.33. The topological polar surface area (TPSA) is 58.1 Å². The minimum Gasteiger partial charge on any atom is -0.356 e. The summed E-state index contributed by atoms with van der Waals surface area (Å²) in [7, 11) is 0. The maximum Gasteiger partial charge on any atom is 0.252 e. The molecule has 0 spiro atoms. The van der Waals surface area contributed by atoms with Crippen molar-refractivity contribution < 1.29 is 4.79 Å². The number of nitrogens with zero attached hydrogens (tertiary/aromatic N) is 3. The van der Waals surface area contributed by atoms with Crippen molar-refractivity contribution in [2.75, 3.05) is 18.0 Å². The SMILES string of the molecule is Cc1csc2ncnc(N3CCC(NC(=O)c4ccsc4)CC3)c12. The third-order valence-corrected chi connectivity index (χ3v) is 6.13. The van der Waals surface area contributed by atoms with Crippen LogP contribution >= 0.6 is 22.7 Å². The second-order valence-corrected chi connectivity index (χ2v) is 7.68. The number of piperidine rings is 1. The highest BCUT2D eigenvalue weighted by molar-refractivity contribution is 7.17. The van der Waals surface area contributed by atoms with E-state index in [1.807, 2.05) is 16.8 Å². The number of rotatable bonds is 3. The van der Waals surface area contributed by atoms with Gasteiger partial charge in [-0.1, -0.05) is 0 Å². The monoisotopic (exact) mass is 358 g/mol. The van der Waals surface area contributed by atoms with Gasteiger partial charge in [-0.3, -0.25) is 4.79 Å². The van der Waals surface area contributed by atoms with Crippen LogP contribution in [0.4, 0.5) is 5.82 Å². The molecular weight excluding hydrogens is 340 g/mol. The van der Waals surface area contributed by atoms with Gasteiger partial charge < -0.3 is 10.2 Å². The van der Waals surface area contributed by atoms with Crippen LogP contribution in [0.3, 0.4) is 0 Å². The molecule has 4 rings (SSSR count). The predicted molar refractivity (Wildman–Crippen MR) is 99.2 cm³/mol. The molecule has 0 radical (unpaired) electrons. The molecule has 1 N–H and O–H groups in total. The van der Waals surface area contributed by atoms with Crippen molar-refractivity contribution in [1.82, 2.24) is 15.3 Å². The number of carbonyl (C=O) groups is 1. The van der Waals surface area contributed by atoms with Crippen molar-refractivity contribution in [2.45, 2.75) is 25.8 Å². The Morgan fingerprint density at radius 1 is 1.29 bits per heavy atom. The molecule has 1 aliphatic heterocycles. The molecule has 1 aliphatic rings. The van der Waals surface area contributed by atoms with Crippen molar-refractivity contribution in [1.29, 1.82) is 0 Å². The van der Waals surface area contributed by atoms with Gasteiger partial charge in [0.2, 0.25) is 0 Å². The molecule has 124 valence electrons. The fraction of sp³-hybridized carbons (Fsp3) is 0.353. The summed E-state index contributed by atoms with van der Waals surface area (Å²) in [4.78, 5) is 24.4. The number of anilines is 1. The summed E-state index contributed by atoms with van der Waals surface area (Å²) in [6.45, 7) is 3.91. The molecule has 4 heterocycles. The van der Waals surface area contributed by atoms with Crippen LogP contribution in [0.1, 0.15) is 28.8 Å². The van der Waals surface area contributed by atoms with Gasteiger partial charge in [0, 0.05) is 30.1 Å². The number of nitrogens with one attached hydrogen (secondary N) is 1. The van der Waals surface area contributed by atoms with E-state index in [0.717, 1.165) is 42.1 Å². The van der Waals surface area contributed by atoms with Crippen molar-refractivity contribution in [3.63, 3.8) is 0 Å². The Morgan fingerprint density at radius 2 is 2.12 bits per heavy atom. The number of fused-ring (bicyclic) bond motifs is 1. The molecule has 3 aromatic heterocycles. The molecule has 0 atom stereocenters. The van der Waals surface area contributed by atoms with Gasteiger partial charge in [0.05, 0.1) is 5.39 Å². The Hall–Kier alpha value is -1.99. The number of amides is 1. The van der Waals surface area contributed by atoms with Gasteiger partial charge in [-0.2, -0.15) is 11.3 Å². The fourth-order valence-corrected chi connectivity index (χ4v) is 4.66. The Bertz CT molecular complexity index is 851. The summed E-state index contributed by atoms with van der Waals surface area (Å²) in [5.74, 6) is 1.06. The maximum absolute atomic E-state index is 12.2. The van der Waals surface area contributed by atoms with Crippen molar-refractivity contribution in [3.05, 3.63) is 39.7 Å². The van der Waals surface area contributed by atoms with Gasteiger partial charge in [-0.15, -0.1) is 11.3 Å². The van der Waals surface area contributed by atoms with Crippen LogP contribution in [0, 0.1) is 6.92 Å². The van der Waals surface area contributed by atoms with E-state index in [1.54, 1.807) is 29.0 Å². The van der Waals surface area contributed by atoms with Crippen LogP contribution in [0.2, 0.25) is 0 Å². The average Bonchev–Trinajstić information content (AvgIpc) is 3.26. The van der Waals surface area contributed by atoms with E-state index in [2.05, 4.69) is 32.5 Å². The summed E-state index contributed by atoms with van der Waals surface area (Å²) in [5, 5.41) is 10.3. The van der Waals surface area contributed by atoms with Gasteiger partial charge in [0.25, 0.3) is 5.91 Å². The number of hydrogen-bond donors (Lipinski definition) is 1. The first-order valence-corrected chi connectivity index (χ1v) is 9.81. The Kier molecular flexibility index (Phi) is 4.20. The Morgan fingerprint density at radius 3 is 2.88 bits per heavy atom. The van der Waals surface area contributed by atoms with Gasteiger partial charge in [-0.25, -0.2) is 9.97 Å². The lowest BCUT2D eigenvalue weighted by Crippen LogP contribution is -2.45. The maximum atomic E-state index is 12.2. The van der Waals surface area contributed by atoms with Crippen molar-refractivity contribution >= 4 is 44.6 Å². The highest BCUT2D eigenvalue weighted by Gasteiger charge is 2.24. The van der Waals surface area contributed by atoms with Crippen LogP contribution in [0.15, 0.2) is 28.5 Å². The first-order chi connectivity index (χ1) is 11.7. The van der Waals surface area contributed by atoms with Crippen LogP contribution in [0.5, 0.6) is 0 Å². The van der Waals surface area contributed by atoms with E-state index in [9.17, 15) is 4.79 Å². The van der Waals surface area contributed by atoms with E-state index in [-0.39, 0.29) is 11.9 Å². The minimum absolute atomic E-state index is 0.0350. The van der Waals surface area contributed by atoms with Crippen LogP contribution < -0.4 is 10.2 Å². The van der Waals surface area contributed by atoms with Crippen LogP contribution in [-0.2, 0) is 0 Å². The summed E-state index contributed by atoms with van der Waals surface area (Å²) < 4.78 is 0. The molecule has 0 saturated carbocycles. The first-order valence-electron chi connectivity index (χ1n) is 7.99. The number of carbonyl (C=O) groups excluding carboxylic acids is 1. The number of aryl methyl sites for hydroxylation is 1. The second-order valence-electron chi connectivity index (χ2n) is 6.04. The Balaban J connectivity index is 1.44. The third-order valence-electron chi connectivity index (χ3n) is 4.45. The molecule has 0 aromatic carbocycles. The smallest absolute Gasteiger partial charge is 0.252 e. The molecular formula is C17H18N4OS2. The predicted octanol–water partition coefficient (Wildman–Crippen LogP) is 3.46. The zero-order valence-corrected chi connectivity index (χ0v) is 15.0. The standard InChI is InChI=1S/C17H18N4OS2/c1-11-8-24-17-14(11)15(18-10-19-17)21-5-2-13(3-6-21)20-16(22)12-4-7-23-9-12/h4,7-10,13H,2-3,5-6H2,1H3,(H,20,22). The molecule has 5 nitrogen and oxygen atoms in total. The average molecular weight is 358 g/mol. The number of hydrogen-bond acceptors (Lipinski definition) is 6. The highest BCUT2D eigenvalue weighted by Crippen LogP contribution is 2.32. The largest absolute Gasteiger partial charge is 0.356 e. The normalized spacial score (nSPS) is 15.8. The third kappa shape index (κ3) is 2.89.